The van der Waals surface area contributed by atoms with Crippen LogP contribution < -0.4 is 5.32 Å². The van der Waals surface area contributed by atoms with Crippen molar-refractivity contribution < 1.29 is 4.92 Å². The normalized spacial score (nSPS) is 17.2. The van der Waals surface area contributed by atoms with E-state index in [4.69, 9.17) is 0 Å². The second kappa shape index (κ2) is 6.24. The molecule has 0 aromatic carbocycles. The van der Waals surface area contributed by atoms with Gasteiger partial charge in [0.25, 0.3) is 0 Å². The molecule has 0 aliphatic heterocycles. The van der Waals surface area contributed by atoms with Crippen LogP contribution in [0.4, 0.5) is 11.5 Å². The van der Waals surface area contributed by atoms with E-state index in [1.165, 1.54) is 25.7 Å². The first-order valence-electron chi connectivity index (χ1n) is 7.50. The van der Waals surface area contributed by atoms with Crippen molar-refractivity contribution in [3.05, 3.63) is 15.8 Å². The highest BCUT2D eigenvalue weighted by atomic mass is 16.6. The van der Waals surface area contributed by atoms with E-state index in [1.54, 1.807) is 11.6 Å². The minimum absolute atomic E-state index is 0.107. The Labute approximate surface area is 119 Å². The maximum Gasteiger partial charge on any atom is 0.333 e. The molecule has 6 heteroatoms. The van der Waals surface area contributed by atoms with Crippen molar-refractivity contribution >= 4 is 11.5 Å². The van der Waals surface area contributed by atoms with Gasteiger partial charge in [0.05, 0.1) is 4.92 Å². The van der Waals surface area contributed by atoms with Gasteiger partial charge in [-0.05, 0) is 33.6 Å². The molecule has 112 valence electrons. The summed E-state index contributed by atoms with van der Waals surface area (Å²) in [5.41, 5.74) is 0.614. The van der Waals surface area contributed by atoms with E-state index in [-0.39, 0.29) is 16.7 Å². The molecule has 0 spiro atoms. The Hall–Kier alpha value is -1.59. The van der Waals surface area contributed by atoms with Gasteiger partial charge in [0.2, 0.25) is 5.82 Å². The third kappa shape index (κ3) is 3.11. The van der Waals surface area contributed by atoms with Crippen LogP contribution in [0, 0.1) is 17.0 Å². The second-order valence-corrected chi connectivity index (χ2v) is 5.91. The second-order valence-electron chi connectivity index (χ2n) is 5.91. The van der Waals surface area contributed by atoms with Gasteiger partial charge in [-0.2, -0.15) is 5.10 Å². The summed E-state index contributed by atoms with van der Waals surface area (Å²) in [6, 6.07) is 0.431. The highest BCUT2D eigenvalue weighted by Crippen LogP contribution is 2.32. The van der Waals surface area contributed by atoms with E-state index in [9.17, 15) is 10.1 Å². The molecule has 0 bridgehead atoms. The summed E-state index contributed by atoms with van der Waals surface area (Å²) < 4.78 is 1.75. The molecule has 1 saturated carbocycles. The van der Waals surface area contributed by atoms with Crippen LogP contribution in [0.1, 0.15) is 64.1 Å². The Morgan fingerprint density at radius 3 is 2.40 bits per heavy atom. The molecule has 6 nitrogen and oxygen atoms in total. The van der Waals surface area contributed by atoms with Gasteiger partial charge < -0.3 is 5.32 Å². The lowest BCUT2D eigenvalue weighted by Gasteiger charge is -2.19. The number of nitro groups is 1. The van der Waals surface area contributed by atoms with Crippen LogP contribution in [0.3, 0.4) is 0 Å². The summed E-state index contributed by atoms with van der Waals surface area (Å²) in [5.74, 6) is 0.578. The topological polar surface area (TPSA) is 73.0 Å². The predicted molar refractivity (Wildman–Crippen MR) is 79.1 cm³/mol. The van der Waals surface area contributed by atoms with Gasteiger partial charge in [0.1, 0.15) is 5.69 Å². The van der Waals surface area contributed by atoms with Crippen molar-refractivity contribution in [3.8, 4) is 0 Å². The summed E-state index contributed by atoms with van der Waals surface area (Å²) >= 11 is 0. The average Bonchev–Trinajstić information content (AvgIpc) is 2.55. The zero-order chi connectivity index (χ0) is 14.7. The first-order valence-corrected chi connectivity index (χ1v) is 7.50. The van der Waals surface area contributed by atoms with Crippen molar-refractivity contribution in [3.63, 3.8) is 0 Å². The van der Waals surface area contributed by atoms with Gasteiger partial charge in [0.15, 0.2) is 0 Å². The fourth-order valence-electron chi connectivity index (χ4n) is 2.88. The van der Waals surface area contributed by atoms with Crippen LogP contribution in [0.5, 0.6) is 0 Å². The lowest BCUT2D eigenvalue weighted by atomic mass is 10.1. The van der Waals surface area contributed by atoms with Gasteiger partial charge in [0, 0.05) is 12.1 Å². The molecule has 20 heavy (non-hydrogen) atoms. The quantitative estimate of drug-likeness (QED) is 0.517. The van der Waals surface area contributed by atoms with Crippen molar-refractivity contribution in [2.75, 3.05) is 5.32 Å². The molecule has 0 amide bonds. The van der Waals surface area contributed by atoms with E-state index in [0.717, 1.165) is 12.8 Å². The first kappa shape index (κ1) is 14.8. The summed E-state index contributed by atoms with van der Waals surface area (Å²) in [5, 5.41) is 19.0. The van der Waals surface area contributed by atoms with E-state index < -0.39 is 0 Å². The van der Waals surface area contributed by atoms with Crippen molar-refractivity contribution in [2.45, 2.75) is 71.4 Å². The Kier molecular flexibility index (Phi) is 4.62. The Balaban J connectivity index is 2.30. The van der Waals surface area contributed by atoms with Crippen LogP contribution in [0.2, 0.25) is 0 Å². The smallest absolute Gasteiger partial charge is 0.333 e. The van der Waals surface area contributed by atoms with Gasteiger partial charge in [-0.3, -0.25) is 10.1 Å². The van der Waals surface area contributed by atoms with Crippen LogP contribution in [-0.4, -0.2) is 20.7 Å². The monoisotopic (exact) mass is 280 g/mol. The molecule has 0 saturated heterocycles. The van der Waals surface area contributed by atoms with Crippen molar-refractivity contribution in [1.82, 2.24) is 9.78 Å². The molecule has 1 aromatic heterocycles. The molecule has 1 heterocycles. The molecule has 0 unspecified atom stereocenters. The van der Waals surface area contributed by atoms with E-state index in [1.807, 2.05) is 13.8 Å². The summed E-state index contributed by atoms with van der Waals surface area (Å²) in [4.78, 5) is 11.0. The molecule has 1 aromatic rings. The number of hydrogen-bond acceptors (Lipinski definition) is 4. The zero-order valence-corrected chi connectivity index (χ0v) is 12.6. The summed E-state index contributed by atoms with van der Waals surface area (Å²) in [7, 11) is 0. The molecular weight excluding hydrogens is 256 g/mol. The number of aryl methyl sites for hydroxylation is 1. The number of nitrogens with one attached hydrogen (secondary N) is 1. The van der Waals surface area contributed by atoms with Gasteiger partial charge in [-0.25, -0.2) is 4.68 Å². The molecule has 1 aliphatic carbocycles. The van der Waals surface area contributed by atoms with Crippen LogP contribution >= 0.6 is 0 Å². The SMILES string of the molecule is Cc1nn(C(C)C)c(NC2CCCCCC2)c1[N+](=O)[O-]. The molecule has 1 fully saturated rings. The molecule has 0 atom stereocenters. The van der Waals surface area contributed by atoms with E-state index >= 15 is 0 Å². The molecular formula is C14H24N4O2. The fourth-order valence-corrected chi connectivity index (χ4v) is 2.88. The third-order valence-electron chi connectivity index (χ3n) is 3.92. The largest absolute Gasteiger partial charge is 0.362 e. The lowest BCUT2D eigenvalue weighted by Crippen LogP contribution is -2.22. The lowest BCUT2D eigenvalue weighted by molar-refractivity contribution is -0.384. The number of rotatable bonds is 4. The average molecular weight is 280 g/mol. The maximum atomic E-state index is 11.3. The van der Waals surface area contributed by atoms with Gasteiger partial charge in [-0.15, -0.1) is 0 Å². The highest BCUT2D eigenvalue weighted by molar-refractivity contribution is 5.60. The molecule has 2 rings (SSSR count). The predicted octanol–water partition coefficient (Wildman–Crippen LogP) is 3.82. The Morgan fingerprint density at radius 1 is 1.30 bits per heavy atom. The van der Waals surface area contributed by atoms with Crippen molar-refractivity contribution in [1.29, 1.82) is 0 Å². The van der Waals surface area contributed by atoms with Crippen LogP contribution in [0.15, 0.2) is 0 Å². The maximum absolute atomic E-state index is 11.3. The van der Waals surface area contributed by atoms with Gasteiger partial charge in [-0.1, -0.05) is 25.7 Å². The molecule has 0 radical (unpaired) electrons. The van der Waals surface area contributed by atoms with E-state index in [0.29, 0.717) is 17.6 Å². The number of aromatic nitrogens is 2. The third-order valence-corrected chi connectivity index (χ3v) is 3.92. The fraction of sp³-hybridized carbons (Fsp3) is 0.786. The zero-order valence-electron chi connectivity index (χ0n) is 12.6. The molecule has 1 N–H and O–H groups in total. The number of hydrogen-bond donors (Lipinski definition) is 1. The van der Waals surface area contributed by atoms with Crippen molar-refractivity contribution in [2.24, 2.45) is 0 Å². The Bertz CT molecular complexity index is 474. The minimum Gasteiger partial charge on any atom is -0.362 e. The van der Waals surface area contributed by atoms with Crippen LogP contribution in [0.25, 0.3) is 0 Å². The first-order chi connectivity index (χ1) is 9.50. The minimum atomic E-state index is -0.319. The van der Waals surface area contributed by atoms with Gasteiger partial charge >= 0.3 is 5.69 Å². The van der Waals surface area contributed by atoms with Crippen LogP contribution in [-0.2, 0) is 0 Å². The summed E-state index contributed by atoms with van der Waals surface area (Å²) in [6.07, 6.45) is 7.09. The highest BCUT2D eigenvalue weighted by Gasteiger charge is 2.28. The Morgan fingerprint density at radius 2 is 1.90 bits per heavy atom. The summed E-state index contributed by atoms with van der Waals surface area (Å²) in [6.45, 7) is 5.69. The standard InChI is InChI=1S/C14H24N4O2/c1-10(2)17-14(13(18(19)20)11(3)16-17)15-12-8-6-4-5-7-9-12/h10,12,15H,4-9H2,1-3H3. The van der Waals surface area contributed by atoms with E-state index in [2.05, 4.69) is 10.4 Å². The number of anilines is 1. The number of nitrogens with zero attached hydrogens (tertiary/aromatic N) is 3. The molecule has 1 aliphatic rings.